The lowest BCUT2D eigenvalue weighted by Crippen LogP contribution is -2.20. The minimum Gasteiger partial charge on any atom is -0.495 e. The zero-order chi connectivity index (χ0) is 17.2. The van der Waals surface area contributed by atoms with Crippen LogP contribution < -0.4 is 15.0 Å². The van der Waals surface area contributed by atoms with Crippen molar-refractivity contribution in [3.8, 4) is 5.75 Å². The smallest absolute Gasteiger partial charge is 0.229 e. The summed E-state index contributed by atoms with van der Waals surface area (Å²) in [6.45, 7) is 4.16. The van der Waals surface area contributed by atoms with Gasteiger partial charge in [0.2, 0.25) is 5.95 Å². The number of aryl methyl sites for hydroxylation is 1. The number of benzene rings is 2. The molecule has 1 aliphatic heterocycles. The average molecular weight is 334 g/mol. The number of hydrogen-bond donors (Lipinski definition) is 1. The minimum absolute atomic E-state index is 0.601. The number of nitrogens with zero attached hydrogens (tertiary/aromatic N) is 3. The molecular formula is C20H22N4O. The number of fused-ring (bicyclic) bond motifs is 1. The van der Waals surface area contributed by atoms with Gasteiger partial charge >= 0.3 is 0 Å². The van der Waals surface area contributed by atoms with Crippen LogP contribution in [0.3, 0.4) is 0 Å². The quantitative estimate of drug-likeness (QED) is 0.771. The summed E-state index contributed by atoms with van der Waals surface area (Å²) < 4.78 is 5.46. The number of ether oxygens (including phenoxy) is 1. The molecule has 0 amide bonds. The fourth-order valence-electron chi connectivity index (χ4n) is 3.33. The summed E-state index contributed by atoms with van der Waals surface area (Å²) in [7, 11) is 1.67. The predicted octanol–water partition coefficient (Wildman–Crippen LogP) is 4.29. The van der Waals surface area contributed by atoms with Crippen molar-refractivity contribution in [1.82, 2.24) is 9.97 Å². The highest BCUT2D eigenvalue weighted by Gasteiger charge is 2.18. The molecule has 0 radical (unpaired) electrons. The van der Waals surface area contributed by atoms with E-state index in [9.17, 15) is 0 Å². The third-order valence-corrected chi connectivity index (χ3v) is 4.59. The van der Waals surface area contributed by atoms with Gasteiger partial charge in [0.15, 0.2) is 0 Å². The molecule has 1 N–H and O–H groups in total. The van der Waals surface area contributed by atoms with Gasteiger partial charge in [-0.1, -0.05) is 18.2 Å². The summed E-state index contributed by atoms with van der Waals surface area (Å²) in [6.07, 6.45) is 2.43. The largest absolute Gasteiger partial charge is 0.495 e. The lowest BCUT2D eigenvalue weighted by atomic mass is 10.2. The summed E-state index contributed by atoms with van der Waals surface area (Å²) in [4.78, 5) is 11.9. The number of anilines is 3. The Morgan fingerprint density at radius 3 is 2.64 bits per heavy atom. The molecule has 0 unspecified atom stereocenters. The molecule has 5 heteroatoms. The molecule has 0 saturated carbocycles. The van der Waals surface area contributed by atoms with E-state index >= 15 is 0 Å². The van der Waals surface area contributed by atoms with Gasteiger partial charge in [0, 0.05) is 18.5 Å². The Morgan fingerprint density at radius 2 is 1.84 bits per heavy atom. The fraction of sp³-hybridized carbons (Fsp3) is 0.300. The van der Waals surface area contributed by atoms with E-state index in [0.29, 0.717) is 5.95 Å². The molecule has 0 spiro atoms. The van der Waals surface area contributed by atoms with E-state index in [1.165, 1.54) is 12.8 Å². The molecular weight excluding hydrogens is 312 g/mol. The first-order valence-corrected chi connectivity index (χ1v) is 8.68. The molecule has 2 aromatic carbocycles. The van der Waals surface area contributed by atoms with Crippen LogP contribution in [-0.4, -0.2) is 30.2 Å². The Hall–Kier alpha value is -2.82. The van der Waals surface area contributed by atoms with E-state index < -0.39 is 0 Å². The van der Waals surface area contributed by atoms with E-state index in [2.05, 4.69) is 23.2 Å². The Labute approximate surface area is 147 Å². The molecule has 5 nitrogen and oxygen atoms in total. The standard InChI is InChI=1S/C20H22N4O/c1-14-9-10-18(25-2)17(13-14)22-20-21-16-8-4-3-7-15(16)19(23-20)24-11-5-6-12-24/h3-4,7-10,13H,5-6,11-12H2,1-2H3,(H,21,22,23). The van der Waals surface area contributed by atoms with Gasteiger partial charge in [-0.05, 0) is 49.6 Å². The van der Waals surface area contributed by atoms with Crippen LogP contribution >= 0.6 is 0 Å². The number of hydrogen-bond acceptors (Lipinski definition) is 5. The van der Waals surface area contributed by atoms with Crippen LogP contribution in [0.15, 0.2) is 42.5 Å². The first-order chi connectivity index (χ1) is 12.2. The first kappa shape index (κ1) is 15.7. The monoisotopic (exact) mass is 334 g/mol. The molecule has 1 aromatic heterocycles. The normalized spacial score (nSPS) is 14.1. The first-order valence-electron chi connectivity index (χ1n) is 8.68. The van der Waals surface area contributed by atoms with Gasteiger partial charge in [0.25, 0.3) is 0 Å². The van der Waals surface area contributed by atoms with Crippen molar-refractivity contribution in [3.63, 3.8) is 0 Å². The van der Waals surface area contributed by atoms with Gasteiger partial charge < -0.3 is 15.0 Å². The summed E-state index contributed by atoms with van der Waals surface area (Å²) in [5, 5.41) is 4.45. The average Bonchev–Trinajstić information content (AvgIpc) is 3.16. The van der Waals surface area contributed by atoms with Crippen molar-refractivity contribution in [1.29, 1.82) is 0 Å². The maximum absolute atomic E-state index is 5.46. The summed E-state index contributed by atoms with van der Waals surface area (Å²) >= 11 is 0. The van der Waals surface area contributed by atoms with E-state index in [4.69, 9.17) is 14.7 Å². The summed E-state index contributed by atoms with van der Waals surface area (Å²) in [5.41, 5.74) is 2.99. The van der Waals surface area contributed by atoms with E-state index in [-0.39, 0.29) is 0 Å². The molecule has 4 rings (SSSR count). The van der Waals surface area contributed by atoms with Gasteiger partial charge in [-0.25, -0.2) is 4.98 Å². The predicted molar refractivity (Wildman–Crippen MR) is 102 cm³/mol. The van der Waals surface area contributed by atoms with E-state index in [1.54, 1.807) is 7.11 Å². The highest BCUT2D eigenvalue weighted by Crippen LogP contribution is 2.31. The van der Waals surface area contributed by atoms with Crippen LogP contribution in [0.5, 0.6) is 5.75 Å². The lowest BCUT2D eigenvalue weighted by Gasteiger charge is -2.20. The minimum atomic E-state index is 0.601. The summed E-state index contributed by atoms with van der Waals surface area (Å²) in [5.74, 6) is 2.40. The molecule has 0 atom stereocenters. The molecule has 25 heavy (non-hydrogen) atoms. The number of nitrogens with one attached hydrogen (secondary N) is 1. The molecule has 1 fully saturated rings. The van der Waals surface area contributed by atoms with Crippen LogP contribution in [0.2, 0.25) is 0 Å². The van der Waals surface area contributed by atoms with Crippen LogP contribution in [0, 0.1) is 6.92 Å². The van der Waals surface area contributed by atoms with Crippen LogP contribution in [0.1, 0.15) is 18.4 Å². The SMILES string of the molecule is COc1ccc(C)cc1Nc1nc(N2CCCC2)c2ccccc2n1. The van der Waals surface area contributed by atoms with E-state index in [1.807, 2.05) is 36.4 Å². The highest BCUT2D eigenvalue weighted by atomic mass is 16.5. The molecule has 0 bridgehead atoms. The molecule has 128 valence electrons. The molecule has 2 heterocycles. The van der Waals surface area contributed by atoms with E-state index in [0.717, 1.165) is 46.8 Å². The van der Waals surface area contributed by atoms with Gasteiger partial charge in [0.1, 0.15) is 11.6 Å². The number of rotatable bonds is 4. The van der Waals surface area contributed by atoms with Gasteiger partial charge in [0.05, 0.1) is 18.3 Å². The van der Waals surface area contributed by atoms with Crippen LogP contribution in [0.25, 0.3) is 10.9 Å². The maximum atomic E-state index is 5.46. The van der Waals surface area contributed by atoms with Crippen molar-refractivity contribution < 1.29 is 4.74 Å². The third-order valence-electron chi connectivity index (χ3n) is 4.59. The second-order valence-electron chi connectivity index (χ2n) is 6.41. The van der Waals surface area contributed by atoms with Crippen molar-refractivity contribution in [2.24, 2.45) is 0 Å². The van der Waals surface area contributed by atoms with Crippen molar-refractivity contribution in [3.05, 3.63) is 48.0 Å². The van der Waals surface area contributed by atoms with Gasteiger partial charge in [-0.3, -0.25) is 0 Å². The topological polar surface area (TPSA) is 50.3 Å². The molecule has 0 aliphatic carbocycles. The summed E-state index contributed by atoms with van der Waals surface area (Å²) in [6, 6.07) is 14.2. The Morgan fingerprint density at radius 1 is 1.04 bits per heavy atom. The number of methoxy groups -OCH3 is 1. The lowest BCUT2D eigenvalue weighted by molar-refractivity contribution is 0.416. The maximum Gasteiger partial charge on any atom is 0.229 e. The second kappa shape index (κ2) is 6.59. The van der Waals surface area contributed by atoms with Gasteiger partial charge in [-0.15, -0.1) is 0 Å². The Kier molecular flexibility index (Phi) is 4.14. The number of aromatic nitrogens is 2. The van der Waals surface area contributed by atoms with Crippen molar-refractivity contribution in [2.45, 2.75) is 19.8 Å². The fourth-order valence-corrected chi connectivity index (χ4v) is 3.33. The zero-order valence-corrected chi connectivity index (χ0v) is 14.6. The molecule has 1 saturated heterocycles. The van der Waals surface area contributed by atoms with Crippen molar-refractivity contribution >= 4 is 28.4 Å². The third kappa shape index (κ3) is 3.09. The number of para-hydroxylation sites is 1. The Balaban J connectivity index is 1.79. The van der Waals surface area contributed by atoms with Crippen LogP contribution in [0.4, 0.5) is 17.5 Å². The second-order valence-corrected chi connectivity index (χ2v) is 6.41. The Bertz CT molecular complexity index is 903. The zero-order valence-electron chi connectivity index (χ0n) is 14.6. The van der Waals surface area contributed by atoms with Crippen molar-refractivity contribution in [2.75, 3.05) is 30.4 Å². The van der Waals surface area contributed by atoms with Gasteiger partial charge in [-0.2, -0.15) is 4.98 Å². The molecule has 1 aliphatic rings. The highest BCUT2D eigenvalue weighted by molar-refractivity contribution is 5.91. The van der Waals surface area contributed by atoms with Crippen LogP contribution in [-0.2, 0) is 0 Å². The molecule has 3 aromatic rings.